The average Bonchev–Trinajstić information content (AvgIpc) is 3.06. The van der Waals surface area contributed by atoms with Crippen molar-refractivity contribution in [2.24, 2.45) is 0 Å². The van der Waals surface area contributed by atoms with E-state index < -0.39 is 11.7 Å². The molecular formula is C18H12F3N5O. The number of halogens is 3. The zero-order valence-electron chi connectivity index (χ0n) is 13.6. The van der Waals surface area contributed by atoms with Gasteiger partial charge in [0.05, 0.1) is 22.2 Å². The minimum atomic E-state index is -4.54. The Kier molecular flexibility index (Phi) is 3.72. The number of hydrogen-bond acceptors (Lipinski definition) is 5. The summed E-state index contributed by atoms with van der Waals surface area (Å²) >= 11 is 0. The number of aromatic hydroxyl groups is 1. The molecule has 4 N–H and O–H groups in total. The van der Waals surface area contributed by atoms with E-state index in [9.17, 15) is 18.3 Å². The van der Waals surface area contributed by atoms with Gasteiger partial charge in [-0.25, -0.2) is 9.97 Å². The number of benzene rings is 2. The fraction of sp³-hybridized carbons (Fsp3) is 0.0556. The first-order chi connectivity index (χ1) is 12.8. The molecule has 6 nitrogen and oxygen atoms in total. The van der Waals surface area contributed by atoms with E-state index in [0.717, 1.165) is 6.07 Å². The molecule has 0 aliphatic heterocycles. The first kappa shape index (κ1) is 16.8. The monoisotopic (exact) mass is 371 g/mol. The molecule has 0 unspecified atom stereocenters. The van der Waals surface area contributed by atoms with Crippen molar-refractivity contribution in [1.29, 1.82) is 0 Å². The van der Waals surface area contributed by atoms with E-state index in [4.69, 9.17) is 5.73 Å². The maximum atomic E-state index is 13.3. The van der Waals surface area contributed by atoms with Gasteiger partial charge in [-0.1, -0.05) is 30.3 Å². The summed E-state index contributed by atoms with van der Waals surface area (Å²) in [6.45, 7) is 0. The van der Waals surface area contributed by atoms with Crippen LogP contribution >= 0.6 is 0 Å². The molecule has 27 heavy (non-hydrogen) atoms. The highest BCUT2D eigenvalue weighted by molar-refractivity contribution is 6.01. The lowest BCUT2D eigenvalue weighted by Crippen LogP contribution is -2.08. The van der Waals surface area contributed by atoms with Crippen molar-refractivity contribution in [3.8, 4) is 28.5 Å². The van der Waals surface area contributed by atoms with E-state index in [1.54, 1.807) is 18.2 Å². The number of fused-ring (bicyclic) bond motifs is 1. The molecule has 0 bridgehead atoms. The molecule has 0 saturated heterocycles. The zero-order valence-corrected chi connectivity index (χ0v) is 13.6. The van der Waals surface area contributed by atoms with Crippen molar-refractivity contribution >= 4 is 16.7 Å². The minimum absolute atomic E-state index is 0.0247. The quantitative estimate of drug-likeness (QED) is 0.495. The molecule has 4 rings (SSSR count). The van der Waals surface area contributed by atoms with Gasteiger partial charge >= 0.3 is 6.18 Å². The lowest BCUT2D eigenvalue weighted by atomic mass is 10.0. The van der Waals surface area contributed by atoms with Gasteiger partial charge in [-0.05, 0) is 12.1 Å². The number of anilines is 1. The molecule has 0 atom stereocenters. The van der Waals surface area contributed by atoms with Crippen LogP contribution in [0.15, 0.2) is 48.5 Å². The van der Waals surface area contributed by atoms with Crippen molar-refractivity contribution in [1.82, 2.24) is 20.2 Å². The predicted octanol–water partition coefficient (Wildman–Crippen LogP) is 3.99. The Morgan fingerprint density at radius 3 is 2.41 bits per heavy atom. The lowest BCUT2D eigenvalue weighted by Gasteiger charge is -2.13. The van der Waals surface area contributed by atoms with Crippen LogP contribution in [0.1, 0.15) is 5.56 Å². The van der Waals surface area contributed by atoms with Crippen molar-refractivity contribution in [3.63, 3.8) is 0 Å². The smallest absolute Gasteiger partial charge is 0.417 e. The van der Waals surface area contributed by atoms with Crippen molar-refractivity contribution in [3.05, 3.63) is 54.1 Å². The van der Waals surface area contributed by atoms with Crippen LogP contribution in [0.2, 0.25) is 0 Å². The van der Waals surface area contributed by atoms with Crippen molar-refractivity contribution in [2.45, 2.75) is 6.18 Å². The van der Waals surface area contributed by atoms with Crippen molar-refractivity contribution in [2.75, 3.05) is 5.73 Å². The summed E-state index contributed by atoms with van der Waals surface area (Å²) in [6, 6.07) is 11.5. The Bertz CT molecular complexity index is 1150. The SMILES string of the molecule is Nc1nc(-c2ccccc2C(F)(F)F)nc2cccc(-c3cc(O)n[nH]3)c12. The first-order valence-electron chi connectivity index (χ1n) is 7.82. The summed E-state index contributed by atoms with van der Waals surface area (Å²) in [5.41, 5.74) is 6.52. The summed E-state index contributed by atoms with van der Waals surface area (Å²) in [6.07, 6.45) is -4.54. The Labute approximate surface area is 150 Å². The highest BCUT2D eigenvalue weighted by Gasteiger charge is 2.34. The van der Waals surface area contributed by atoms with Gasteiger partial charge in [0.2, 0.25) is 5.88 Å². The Morgan fingerprint density at radius 1 is 0.963 bits per heavy atom. The van der Waals surface area contributed by atoms with Crippen LogP contribution in [0.3, 0.4) is 0 Å². The molecule has 2 aromatic heterocycles. The number of nitrogens with zero attached hydrogens (tertiary/aromatic N) is 3. The largest absolute Gasteiger partial charge is 0.492 e. The summed E-state index contributed by atoms with van der Waals surface area (Å²) < 4.78 is 39.9. The van der Waals surface area contributed by atoms with E-state index >= 15 is 0 Å². The zero-order chi connectivity index (χ0) is 19.2. The topological polar surface area (TPSA) is 101 Å². The second kappa shape index (κ2) is 5.97. The molecule has 0 aliphatic rings. The van der Waals surface area contributed by atoms with Crippen LogP contribution in [0.5, 0.6) is 5.88 Å². The van der Waals surface area contributed by atoms with Gasteiger partial charge in [0.25, 0.3) is 0 Å². The van der Waals surface area contributed by atoms with Crippen LogP contribution in [-0.4, -0.2) is 25.3 Å². The van der Waals surface area contributed by atoms with E-state index in [1.807, 2.05) is 0 Å². The third-order valence-corrected chi connectivity index (χ3v) is 4.08. The van der Waals surface area contributed by atoms with Gasteiger partial charge in [-0.2, -0.15) is 13.2 Å². The number of aromatic nitrogens is 4. The highest BCUT2D eigenvalue weighted by Crippen LogP contribution is 2.38. The number of nitrogens with one attached hydrogen (secondary N) is 1. The highest BCUT2D eigenvalue weighted by atomic mass is 19.4. The van der Waals surface area contributed by atoms with E-state index in [2.05, 4.69) is 20.2 Å². The summed E-state index contributed by atoms with van der Waals surface area (Å²) in [7, 11) is 0. The predicted molar refractivity (Wildman–Crippen MR) is 93.6 cm³/mol. The molecule has 0 aliphatic carbocycles. The molecule has 0 radical (unpaired) electrons. The van der Waals surface area contributed by atoms with Crippen LogP contribution < -0.4 is 5.73 Å². The van der Waals surface area contributed by atoms with Gasteiger partial charge in [-0.15, -0.1) is 5.10 Å². The Hall–Kier alpha value is -3.62. The van der Waals surface area contributed by atoms with Gasteiger partial charge in [0.1, 0.15) is 5.82 Å². The number of H-pyrrole nitrogens is 1. The van der Waals surface area contributed by atoms with E-state index in [0.29, 0.717) is 22.2 Å². The number of nitrogens with two attached hydrogens (primary N) is 1. The molecule has 0 fully saturated rings. The third-order valence-electron chi connectivity index (χ3n) is 4.08. The fourth-order valence-corrected chi connectivity index (χ4v) is 2.93. The number of hydrogen-bond donors (Lipinski definition) is 3. The average molecular weight is 371 g/mol. The Morgan fingerprint density at radius 2 is 1.70 bits per heavy atom. The summed E-state index contributed by atoms with van der Waals surface area (Å²) in [5.74, 6) is -0.286. The third kappa shape index (κ3) is 2.92. The van der Waals surface area contributed by atoms with Crippen LogP contribution in [-0.2, 0) is 6.18 Å². The molecule has 2 heterocycles. The second-order valence-electron chi connectivity index (χ2n) is 5.82. The first-order valence-corrected chi connectivity index (χ1v) is 7.82. The maximum absolute atomic E-state index is 13.3. The second-order valence-corrected chi connectivity index (χ2v) is 5.82. The lowest BCUT2D eigenvalue weighted by molar-refractivity contribution is -0.137. The maximum Gasteiger partial charge on any atom is 0.417 e. The normalized spacial score (nSPS) is 11.8. The van der Waals surface area contributed by atoms with Crippen LogP contribution in [0.4, 0.5) is 19.0 Å². The number of nitrogen functional groups attached to an aromatic ring is 1. The van der Waals surface area contributed by atoms with Gasteiger partial charge < -0.3 is 10.8 Å². The Balaban J connectivity index is 1.95. The molecular weight excluding hydrogens is 359 g/mol. The molecule has 4 aromatic rings. The minimum Gasteiger partial charge on any atom is -0.492 e. The van der Waals surface area contributed by atoms with Crippen LogP contribution in [0.25, 0.3) is 33.5 Å². The fourth-order valence-electron chi connectivity index (χ4n) is 2.93. The molecule has 0 amide bonds. The summed E-state index contributed by atoms with van der Waals surface area (Å²) in [5, 5.41) is 16.2. The summed E-state index contributed by atoms with van der Waals surface area (Å²) in [4.78, 5) is 8.39. The molecule has 0 spiro atoms. The van der Waals surface area contributed by atoms with Gasteiger partial charge in [0, 0.05) is 17.2 Å². The number of aromatic amines is 1. The van der Waals surface area contributed by atoms with Crippen molar-refractivity contribution < 1.29 is 18.3 Å². The van der Waals surface area contributed by atoms with E-state index in [-0.39, 0.29) is 23.1 Å². The standard InChI is InChI=1S/C18H12F3N5O/c19-18(20,21)11-6-2-1-4-9(11)17-23-12-7-3-5-10(15(12)16(22)24-17)13-8-14(27)26-25-13/h1-8H,(H2,22,23,24)(H2,25,26,27). The van der Waals surface area contributed by atoms with Crippen LogP contribution in [0, 0.1) is 0 Å². The number of rotatable bonds is 2. The molecule has 136 valence electrons. The molecule has 0 saturated carbocycles. The van der Waals surface area contributed by atoms with Gasteiger partial charge in [-0.3, -0.25) is 5.10 Å². The molecule has 2 aromatic carbocycles. The number of alkyl halides is 3. The van der Waals surface area contributed by atoms with E-state index in [1.165, 1.54) is 24.3 Å². The molecule has 9 heteroatoms. The van der Waals surface area contributed by atoms with Gasteiger partial charge in [0.15, 0.2) is 5.82 Å².